The van der Waals surface area contributed by atoms with Gasteiger partial charge in [-0.25, -0.2) is 0 Å². The first-order valence-electron chi connectivity index (χ1n) is 4.33. The van der Waals surface area contributed by atoms with Gasteiger partial charge in [-0.3, -0.25) is 0 Å². The molecule has 1 aromatic carbocycles. The van der Waals surface area contributed by atoms with Crippen LogP contribution in [-0.4, -0.2) is 11.4 Å². The van der Waals surface area contributed by atoms with Crippen molar-refractivity contribution < 1.29 is 9.62 Å². The highest BCUT2D eigenvalue weighted by Gasteiger charge is 2.02. The number of hydrogen-bond donors (Lipinski definition) is 1. The average molecular weight is 222 g/mol. The molecule has 0 aliphatic carbocycles. The molecule has 0 bridgehead atoms. The molecule has 2 rings (SSSR count). The third-order valence-electron chi connectivity index (χ3n) is 1.94. The van der Waals surface area contributed by atoms with Gasteiger partial charge in [-0.15, -0.1) is 0 Å². The molecule has 0 amide bonds. The topological polar surface area (TPSA) is 45.7 Å². The van der Waals surface area contributed by atoms with Crippen LogP contribution in [0.3, 0.4) is 0 Å². The first-order valence-corrected chi connectivity index (χ1v) is 4.70. The predicted molar refractivity (Wildman–Crippen MR) is 58.5 cm³/mol. The lowest BCUT2D eigenvalue weighted by atomic mass is 10.2. The lowest BCUT2D eigenvalue weighted by molar-refractivity contribution is 0.321. The summed E-state index contributed by atoms with van der Waals surface area (Å²) < 4.78 is 5.40. The summed E-state index contributed by atoms with van der Waals surface area (Å²) in [5, 5.41) is 11.9. The third kappa shape index (κ3) is 2.19. The summed E-state index contributed by atoms with van der Waals surface area (Å²) in [6.45, 7) is 0. The van der Waals surface area contributed by atoms with Crippen molar-refractivity contribution in [2.24, 2.45) is 5.16 Å². The van der Waals surface area contributed by atoms with Gasteiger partial charge in [0.25, 0.3) is 0 Å². The van der Waals surface area contributed by atoms with Crippen molar-refractivity contribution in [3.8, 4) is 11.3 Å². The minimum Gasteiger partial charge on any atom is -0.455 e. The summed E-state index contributed by atoms with van der Waals surface area (Å²) >= 11 is 5.77. The van der Waals surface area contributed by atoms with E-state index in [0.717, 1.165) is 5.56 Å². The van der Waals surface area contributed by atoms with Gasteiger partial charge in [0, 0.05) is 10.6 Å². The molecule has 0 aliphatic heterocycles. The number of benzene rings is 1. The summed E-state index contributed by atoms with van der Waals surface area (Å²) in [5.74, 6) is 1.21. The Morgan fingerprint density at radius 1 is 1.13 bits per heavy atom. The molecule has 15 heavy (non-hydrogen) atoms. The van der Waals surface area contributed by atoms with Crippen LogP contribution in [0.4, 0.5) is 0 Å². The smallest absolute Gasteiger partial charge is 0.149 e. The van der Waals surface area contributed by atoms with Crippen LogP contribution in [-0.2, 0) is 0 Å². The Kier molecular flexibility index (Phi) is 2.74. The van der Waals surface area contributed by atoms with Crippen LogP contribution in [0.1, 0.15) is 5.76 Å². The number of nitrogens with zero attached hydrogens (tertiary/aromatic N) is 1. The van der Waals surface area contributed by atoms with E-state index in [4.69, 9.17) is 21.2 Å². The third-order valence-corrected chi connectivity index (χ3v) is 2.19. The van der Waals surface area contributed by atoms with E-state index in [9.17, 15) is 0 Å². The Labute approximate surface area is 91.6 Å². The summed E-state index contributed by atoms with van der Waals surface area (Å²) in [7, 11) is 0. The number of oxime groups is 1. The van der Waals surface area contributed by atoms with E-state index in [-0.39, 0.29) is 0 Å². The predicted octanol–water partition coefficient (Wildman–Crippen LogP) is 3.41. The van der Waals surface area contributed by atoms with Gasteiger partial charge < -0.3 is 9.62 Å². The van der Waals surface area contributed by atoms with E-state index in [2.05, 4.69) is 5.16 Å². The Balaban J connectivity index is 2.33. The van der Waals surface area contributed by atoms with Gasteiger partial charge >= 0.3 is 0 Å². The molecular weight excluding hydrogens is 214 g/mol. The molecule has 2 aromatic rings. The van der Waals surface area contributed by atoms with E-state index in [1.165, 1.54) is 6.21 Å². The molecule has 0 saturated heterocycles. The Hall–Kier alpha value is -1.74. The lowest BCUT2D eigenvalue weighted by Crippen LogP contribution is -1.74. The maximum atomic E-state index is 8.33. The molecule has 0 saturated carbocycles. The fraction of sp³-hybridized carbons (Fsp3) is 0. The molecule has 76 valence electrons. The number of hydrogen-bond acceptors (Lipinski definition) is 3. The van der Waals surface area contributed by atoms with Crippen LogP contribution in [0.2, 0.25) is 5.02 Å². The quantitative estimate of drug-likeness (QED) is 0.480. The second kappa shape index (κ2) is 4.19. The SMILES string of the molecule is O/N=C\c1ccc(-c2ccc(Cl)cc2)o1. The Morgan fingerprint density at radius 3 is 2.53 bits per heavy atom. The van der Waals surface area contributed by atoms with E-state index >= 15 is 0 Å². The van der Waals surface area contributed by atoms with Gasteiger partial charge in [0.15, 0.2) is 0 Å². The van der Waals surface area contributed by atoms with Gasteiger partial charge in [-0.1, -0.05) is 16.8 Å². The zero-order valence-electron chi connectivity index (χ0n) is 7.72. The van der Waals surface area contributed by atoms with Gasteiger partial charge in [0.2, 0.25) is 0 Å². The highest BCUT2D eigenvalue weighted by Crippen LogP contribution is 2.23. The van der Waals surface area contributed by atoms with E-state index in [1.807, 2.05) is 12.1 Å². The van der Waals surface area contributed by atoms with E-state index in [1.54, 1.807) is 24.3 Å². The monoisotopic (exact) mass is 221 g/mol. The molecule has 1 N–H and O–H groups in total. The average Bonchev–Trinajstić information content (AvgIpc) is 2.68. The highest BCUT2D eigenvalue weighted by molar-refractivity contribution is 6.30. The summed E-state index contributed by atoms with van der Waals surface area (Å²) in [6.07, 6.45) is 1.24. The van der Waals surface area contributed by atoms with Crippen molar-refractivity contribution in [2.75, 3.05) is 0 Å². The van der Waals surface area contributed by atoms with Crippen LogP contribution in [0.15, 0.2) is 46.0 Å². The normalized spacial score (nSPS) is 11.0. The first kappa shape index (κ1) is 9.80. The maximum absolute atomic E-state index is 8.33. The second-order valence-electron chi connectivity index (χ2n) is 2.95. The molecule has 1 heterocycles. The second-order valence-corrected chi connectivity index (χ2v) is 3.39. The molecular formula is C11H8ClNO2. The maximum Gasteiger partial charge on any atom is 0.149 e. The van der Waals surface area contributed by atoms with Crippen LogP contribution in [0.5, 0.6) is 0 Å². The van der Waals surface area contributed by atoms with Gasteiger partial charge in [-0.05, 0) is 36.4 Å². The fourth-order valence-electron chi connectivity index (χ4n) is 1.25. The van der Waals surface area contributed by atoms with Crippen molar-refractivity contribution >= 4 is 17.8 Å². The largest absolute Gasteiger partial charge is 0.455 e. The van der Waals surface area contributed by atoms with Crippen LogP contribution < -0.4 is 0 Å². The highest BCUT2D eigenvalue weighted by atomic mass is 35.5. The molecule has 0 spiro atoms. The van der Waals surface area contributed by atoms with Crippen molar-refractivity contribution in [3.05, 3.63) is 47.2 Å². The van der Waals surface area contributed by atoms with Crippen LogP contribution in [0.25, 0.3) is 11.3 Å². The molecule has 0 unspecified atom stereocenters. The molecule has 0 atom stereocenters. The van der Waals surface area contributed by atoms with E-state index in [0.29, 0.717) is 16.5 Å². The van der Waals surface area contributed by atoms with Crippen molar-refractivity contribution in [1.82, 2.24) is 0 Å². The van der Waals surface area contributed by atoms with E-state index < -0.39 is 0 Å². The van der Waals surface area contributed by atoms with Crippen molar-refractivity contribution in [1.29, 1.82) is 0 Å². The van der Waals surface area contributed by atoms with Gasteiger partial charge in [0.05, 0.1) is 0 Å². The molecule has 0 radical (unpaired) electrons. The van der Waals surface area contributed by atoms with Crippen molar-refractivity contribution in [2.45, 2.75) is 0 Å². The van der Waals surface area contributed by atoms with Gasteiger partial charge in [0.1, 0.15) is 17.7 Å². The summed E-state index contributed by atoms with van der Waals surface area (Å²) in [6, 6.07) is 10.8. The van der Waals surface area contributed by atoms with Crippen LogP contribution >= 0.6 is 11.6 Å². The Bertz CT molecular complexity index is 474. The minimum atomic E-state index is 0.502. The molecule has 4 heteroatoms. The molecule has 1 aromatic heterocycles. The minimum absolute atomic E-state index is 0.502. The van der Waals surface area contributed by atoms with Crippen LogP contribution in [0, 0.1) is 0 Å². The van der Waals surface area contributed by atoms with Crippen molar-refractivity contribution in [3.63, 3.8) is 0 Å². The van der Waals surface area contributed by atoms with Gasteiger partial charge in [-0.2, -0.15) is 0 Å². The number of rotatable bonds is 2. The number of halogens is 1. The summed E-state index contributed by atoms with van der Waals surface area (Å²) in [4.78, 5) is 0. The fourth-order valence-corrected chi connectivity index (χ4v) is 1.37. The lowest BCUT2D eigenvalue weighted by Gasteiger charge is -1.95. The summed E-state index contributed by atoms with van der Waals surface area (Å²) in [5.41, 5.74) is 0.928. The first-order chi connectivity index (χ1) is 7.29. The number of furan rings is 1. The molecule has 0 fully saturated rings. The zero-order valence-corrected chi connectivity index (χ0v) is 8.48. The zero-order chi connectivity index (χ0) is 10.7. The molecule has 0 aliphatic rings. The Morgan fingerprint density at radius 2 is 1.87 bits per heavy atom. The standard InChI is InChI=1S/C11H8ClNO2/c12-9-3-1-8(2-4-9)11-6-5-10(15-11)7-13-14/h1-7,14H/b13-7-. The molecule has 3 nitrogen and oxygen atoms in total.